The van der Waals surface area contributed by atoms with Crippen molar-refractivity contribution in [3.8, 4) is 0 Å². The zero-order valence-corrected chi connectivity index (χ0v) is 15.8. The fraction of sp³-hybridized carbons (Fsp3) is 0.450. The molecule has 0 amide bonds. The Hall–Kier alpha value is -1.72. The second kappa shape index (κ2) is 5.92. The Kier molecular flexibility index (Phi) is 4.28. The minimum atomic E-state index is -3.52. The van der Waals surface area contributed by atoms with E-state index in [9.17, 15) is 13.2 Å². The zero-order valence-electron chi connectivity index (χ0n) is 15.0. The maximum absolute atomic E-state index is 12.9. The number of sulfonamides is 1. The fourth-order valence-electron chi connectivity index (χ4n) is 4.27. The SMILES string of the molecule is C=CCNS(=O)(=O)c1ccc(C=C2C(=O)C3(C)CCC2C3(C)C)cc1. The second-order valence-electron chi connectivity index (χ2n) is 7.78. The van der Waals surface area contributed by atoms with Gasteiger partial charge >= 0.3 is 0 Å². The van der Waals surface area contributed by atoms with Gasteiger partial charge in [0.1, 0.15) is 0 Å². The van der Waals surface area contributed by atoms with Crippen molar-refractivity contribution in [2.75, 3.05) is 6.54 Å². The van der Waals surface area contributed by atoms with Crippen LogP contribution in [0, 0.1) is 16.7 Å². The van der Waals surface area contributed by atoms with E-state index in [4.69, 9.17) is 0 Å². The van der Waals surface area contributed by atoms with Crippen LogP contribution < -0.4 is 4.72 Å². The topological polar surface area (TPSA) is 63.2 Å². The number of Topliss-reactive ketones (excluding diaryl/α,β-unsaturated/α-hetero) is 1. The van der Waals surface area contributed by atoms with Crippen molar-refractivity contribution in [3.63, 3.8) is 0 Å². The molecule has 2 unspecified atom stereocenters. The summed E-state index contributed by atoms with van der Waals surface area (Å²) < 4.78 is 26.7. The molecule has 2 bridgehead atoms. The van der Waals surface area contributed by atoms with E-state index in [0.29, 0.717) is 0 Å². The molecule has 2 aliphatic carbocycles. The van der Waals surface area contributed by atoms with Crippen molar-refractivity contribution in [3.05, 3.63) is 48.1 Å². The molecule has 2 aliphatic rings. The van der Waals surface area contributed by atoms with E-state index in [1.54, 1.807) is 24.3 Å². The normalized spacial score (nSPS) is 29.3. The lowest BCUT2D eigenvalue weighted by Gasteiger charge is -2.31. The summed E-state index contributed by atoms with van der Waals surface area (Å²) >= 11 is 0. The summed E-state index contributed by atoms with van der Waals surface area (Å²) in [5, 5.41) is 0. The molecule has 4 nitrogen and oxygen atoms in total. The van der Waals surface area contributed by atoms with Crippen molar-refractivity contribution >= 4 is 21.9 Å². The molecule has 1 aromatic carbocycles. The lowest BCUT2D eigenvalue weighted by Crippen LogP contribution is -2.32. The van der Waals surface area contributed by atoms with Gasteiger partial charge < -0.3 is 0 Å². The molecule has 0 aromatic heterocycles. The van der Waals surface area contributed by atoms with Crippen LogP contribution >= 0.6 is 0 Å². The molecule has 2 saturated carbocycles. The molecular weight excluding hydrogens is 334 g/mol. The average molecular weight is 359 g/mol. The smallest absolute Gasteiger partial charge is 0.240 e. The third kappa shape index (κ3) is 2.70. The molecule has 25 heavy (non-hydrogen) atoms. The molecule has 134 valence electrons. The molecular formula is C20H25NO3S. The Morgan fingerprint density at radius 2 is 1.88 bits per heavy atom. The summed E-state index contributed by atoms with van der Waals surface area (Å²) in [6, 6.07) is 6.65. The van der Waals surface area contributed by atoms with E-state index >= 15 is 0 Å². The van der Waals surface area contributed by atoms with E-state index < -0.39 is 10.0 Å². The first kappa shape index (κ1) is 18.1. The third-order valence-corrected chi connectivity index (χ3v) is 7.73. The summed E-state index contributed by atoms with van der Waals surface area (Å²) in [5.41, 5.74) is 1.45. The summed E-state index contributed by atoms with van der Waals surface area (Å²) in [4.78, 5) is 13.1. The molecule has 0 saturated heterocycles. The van der Waals surface area contributed by atoms with Crippen molar-refractivity contribution in [2.24, 2.45) is 16.7 Å². The van der Waals surface area contributed by atoms with Crippen molar-refractivity contribution in [1.82, 2.24) is 4.72 Å². The number of ketones is 1. The van der Waals surface area contributed by atoms with E-state index in [1.165, 1.54) is 6.08 Å². The number of benzene rings is 1. The van der Waals surface area contributed by atoms with Crippen LogP contribution in [0.25, 0.3) is 6.08 Å². The molecule has 0 aliphatic heterocycles. The van der Waals surface area contributed by atoms with Gasteiger partial charge in [-0.15, -0.1) is 6.58 Å². The molecule has 0 heterocycles. The van der Waals surface area contributed by atoms with Crippen LogP contribution in [-0.4, -0.2) is 20.7 Å². The molecule has 1 N–H and O–H groups in total. The second-order valence-corrected chi connectivity index (χ2v) is 9.55. The van der Waals surface area contributed by atoms with E-state index in [-0.39, 0.29) is 34.0 Å². The number of carbonyl (C=O) groups is 1. The van der Waals surface area contributed by atoms with Gasteiger partial charge in [0.15, 0.2) is 5.78 Å². The summed E-state index contributed by atoms with van der Waals surface area (Å²) in [6.45, 7) is 10.1. The lowest BCUT2D eigenvalue weighted by atomic mass is 9.70. The number of carbonyl (C=O) groups excluding carboxylic acids is 1. The van der Waals surface area contributed by atoms with Crippen molar-refractivity contribution in [2.45, 2.75) is 38.5 Å². The highest BCUT2D eigenvalue weighted by atomic mass is 32.2. The van der Waals surface area contributed by atoms with E-state index in [0.717, 1.165) is 24.0 Å². The molecule has 1 aromatic rings. The van der Waals surface area contributed by atoms with E-state index in [2.05, 4.69) is 32.1 Å². The molecule has 0 radical (unpaired) electrons. The van der Waals surface area contributed by atoms with Gasteiger partial charge in [0.25, 0.3) is 0 Å². The highest BCUT2D eigenvalue weighted by Gasteiger charge is 2.63. The van der Waals surface area contributed by atoms with Gasteiger partial charge in [-0.25, -0.2) is 13.1 Å². The quantitative estimate of drug-likeness (QED) is 0.646. The first-order valence-electron chi connectivity index (χ1n) is 8.60. The van der Waals surface area contributed by atoms with Gasteiger partial charge in [0.2, 0.25) is 10.0 Å². The maximum Gasteiger partial charge on any atom is 0.240 e. The predicted molar refractivity (Wildman–Crippen MR) is 99.4 cm³/mol. The van der Waals surface area contributed by atoms with E-state index in [1.807, 2.05) is 6.08 Å². The van der Waals surface area contributed by atoms with Gasteiger partial charge in [-0.2, -0.15) is 0 Å². The summed E-state index contributed by atoms with van der Waals surface area (Å²) in [7, 11) is -3.52. The number of rotatable bonds is 5. The monoisotopic (exact) mass is 359 g/mol. The Balaban J connectivity index is 1.89. The lowest BCUT2D eigenvalue weighted by molar-refractivity contribution is -0.125. The first-order chi connectivity index (χ1) is 11.6. The Bertz CT molecular complexity index is 849. The van der Waals surface area contributed by atoms with Crippen LogP contribution in [0.1, 0.15) is 39.2 Å². The molecule has 0 spiro atoms. The van der Waals surface area contributed by atoms with Gasteiger partial charge in [-0.05, 0) is 53.5 Å². The number of hydrogen-bond acceptors (Lipinski definition) is 3. The molecule has 2 atom stereocenters. The van der Waals surface area contributed by atoms with Crippen LogP contribution in [0.4, 0.5) is 0 Å². The highest BCUT2D eigenvalue weighted by molar-refractivity contribution is 7.89. The Labute approximate surface area is 150 Å². The van der Waals surface area contributed by atoms with Crippen LogP contribution in [-0.2, 0) is 14.8 Å². The standard InChI is InChI=1S/C20H25NO3S/c1-5-12-21-25(23,24)15-8-6-14(7-9-15)13-16-17-10-11-20(4,18(16)22)19(17,2)3/h5-9,13,17,21H,1,10-12H2,2-4H3. The first-order valence-corrected chi connectivity index (χ1v) is 10.1. The van der Waals surface area contributed by atoms with Crippen LogP contribution in [0.15, 0.2) is 47.4 Å². The van der Waals surface area contributed by atoms with Gasteiger partial charge in [0, 0.05) is 12.0 Å². The van der Waals surface area contributed by atoms with Crippen molar-refractivity contribution < 1.29 is 13.2 Å². The van der Waals surface area contributed by atoms with Gasteiger partial charge in [-0.1, -0.05) is 39.0 Å². The molecule has 2 fully saturated rings. The van der Waals surface area contributed by atoms with Crippen LogP contribution in [0.2, 0.25) is 0 Å². The molecule has 3 rings (SSSR count). The average Bonchev–Trinajstić information content (AvgIpc) is 2.87. The predicted octanol–water partition coefficient (Wildman–Crippen LogP) is 3.56. The largest absolute Gasteiger partial charge is 0.294 e. The third-order valence-electron chi connectivity index (χ3n) is 6.30. The van der Waals surface area contributed by atoms with Gasteiger partial charge in [0.05, 0.1) is 4.90 Å². The Morgan fingerprint density at radius 1 is 1.24 bits per heavy atom. The summed E-state index contributed by atoms with van der Waals surface area (Å²) in [5.74, 6) is 0.528. The number of nitrogens with one attached hydrogen (secondary N) is 1. The number of hydrogen-bond donors (Lipinski definition) is 1. The van der Waals surface area contributed by atoms with Crippen LogP contribution in [0.5, 0.6) is 0 Å². The maximum atomic E-state index is 12.9. The fourth-order valence-corrected chi connectivity index (χ4v) is 5.27. The van der Waals surface area contributed by atoms with Crippen LogP contribution in [0.3, 0.4) is 0 Å². The Morgan fingerprint density at radius 3 is 2.40 bits per heavy atom. The molecule has 5 heteroatoms. The summed E-state index contributed by atoms with van der Waals surface area (Å²) in [6.07, 6.45) is 5.43. The van der Waals surface area contributed by atoms with Gasteiger partial charge in [-0.3, -0.25) is 4.79 Å². The minimum absolute atomic E-state index is 0.0200. The zero-order chi connectivity index (χ0) is 18.5. The highest BCUT2D eigenvalue weighted by Crippen LogP contribution is 2.65. The minimum Gasteiger partial charge on any atom is -0.294 e. The number of allylic oxidation sites excluding steroid dienone is 1. The van der Waals surface area contributed by atoms with Crippen molar-refractivity contribution in [1.29, 1.82) is 0 Å². The number of fused-ring (bicyclic) bond motifs is 2.